The molecule has 0 unspecified atom stereocenters. The van der Waals surface area contributed by atoms with Crippen LogP contribution in [0.5, 0.6) is 0 Å². The van der Waals surface area contributed by atoms with Crippen molar-refractivity contribution in [1.82, 2.24) is 15.5 Å². The summed E-state index contributed by atoms with van der Waals surface area (Å²) >= 11 is 0. The van der Waals surface area contributed by atoms with E-state index in [1.807, 2.05) is 0 Å². The van der Waals surface area contributed by atoms with E-state index in [0.29, 0.717) is 24.9 Å². The van der Waals surface area contributed by atoms with Crippen molar-refractivity contribution in [2.45, 2.75) is 19.4 Å². The van der Waals surface area contributed by atoms with Gasteiger partial charge in [-0.05, 0) is 18.0 Å². The highest BCUT2D eigenvalue weighted by Crippen LogP contribution is 2.15. The summed E-state index contributed by atoms with van der Waals surface area (Å²) in [6.07, 6.45) is 7.53. The third-order valence-corrected chi connectivity index (χ3v) is 2.35. The zero-order chi connectivity index (χ0) is 10.5. The summed E-state index contributed by atoms with van der Waals surface area (Å²) in [6, 6.07) is 0. The van der Waals surface area contributed by atoms with Gasteiger partial charge in [-0.3, -0.25) is 5.32 Å². The third-order valence-electron chi connectivity index (χ3n) is 2.35. The number of aromatic nitrogens is 2. The molecule has 1 N–H and O–H groups in total. The third kappa shape index (κ3) is 2.48. The molecule has 1 fully saturated rings. The molecule has 1 aromatic rings. The van der Waals surface area contributed by atoms with Gasteiger partial charge in [-0.2, -0.15) is 4.98 Å². The lowest BCUT2D eigenvalue weighted by Gasteiger charge is -2.09. The Balaban J connectivity index is 1.89. The molecule has 0 radical (unpaired) electrons. The minimum absolute atomic E-state index is 0.515. The molecule has 1 saturated heterocycles. The number of rotatable bonds is 4. The van der Waals surface area contributed by atoms with Gasteiger partial charge in [0.15, 0.2) is 0 Å². The van der Waals surface area contributed by atoms with E-state index < -0.39 is 0 Å². The first-order valence-electron chi connectivity index (χ1n) is 5.12. The summed E-state index contributed by atoms with van der Waals surface area (Å²) in [5.74, 6) is 3.78. The number of nitrogens with one attached hydrogen (secondary N) is 1. The number of hydrogen-bond donors (Lipinski definition) is 1. The molecule has 0 amide bonds. The fourth-order valence-electron chi connectivity index (χ4n) is 1.60. The quantitative estimate of drug-likeness (QED) is 0.570. The Kier molecular flexibility index (Phi) is 3.20. The molecular weight excluding hydrogens is 192 g/mol. The van der Waals surface area contributed by atoms with Crippen LogP contribution in [0.1, 0.15) is 18.7 Å². The van der Waals surface area contributed by atoms with Crippen molar-refractivity contribution >= 4 is 5.95 Å². The lowest BCUT2D eigenvalue weighted by Crippen LogP contribution is -2.19. The first-order chi connectivity index (χ1) is 7.40. The second kappa shape index (κ2) is 4.80. The van der Waals surface area contributed by atoms with Gasteiger partial charge in [-0.25, -0.2) is 0 Å². The van der Waals surface area contributed by atoms with Crippen LogP contribution in [-0.4, -0.2) is 29.8 Å². The SMILES string of the molecule is C#CCNCc1nc(N2CCCC2)no1. The first-order valence-corrected chi connectivity index (χ1v) is 5.12. The molecule has 15 heavy (non-hydrogen) atoms. The smallest absolute Gasteiger partial charge is 0.266 e. The Morgan fingerprint density at radius 3 is 3.00 bits per heavy atom. The van der Waals surface area contributed by atoms with E-state index >= 15 is 0 Å². The molecule has 0 aliphatic carbocycles. The molecule has 0 bridgehead atoms. The van der Waals surface area contributed by atoms with E-state index in [2.05, 4.69) is 26.3 Å². The fourth-order valence-corrected chi connectivity index (χ4v) is 1.60. The molecule has 2 heterocycles. The second-order valence-electron chi connectivity index (χ2n) is 3.49. The average molecular weight is 206 g/mol. The minimum atomic E-state index is 0.515. The average Bonchev–Trinajstić information content (AvgIpc) is 2.87. The van der Waals surface area contributed by atoms with E-state index in [1.54, 1.807) is 0 Å². The Morgan fingerprint density at radius 1 is 1.47 bits per heavy atom. The zero-order valence-electron chi connectivity index (χ0n) is 8.57. The summed E-state index contributed by atoms with van der Waals surface area (Å²) in [7, 11) is 0. The number of anilines is 1. The molecule has 0 saturated carbocycles. The topological polar surface area (TPSA) is 54.2 Å². The Labute approximate surface area is 88.8 Å². The number of terminal acetylenes is 1. The van der Waals surface area contributed by atoms with Gasteiger partial charge in [0.1, 0.15) is 0 Å². The highest BCUT2D eigenvalue weighted by atomic mass is 16.5. The summed E-state index contributed by atoms with van der Waals surface area (Å²) in [4.78, 5) is 6.41. The monoisotopic (exact) mass is 206 g/mol. The van der Waals surface area contributed by atoms with Gasteiger partial charge in [0.2, 0.25) is 5.89 Å². The summed E-state index contributed by atoms with van der Waals surface area (Å²) in [6.45, 7) is 3.10. The maximum Gasteiger partial charge on any atom is 0.266 e. The van der Waals surface area contributed by atoms with E-state index in [9.17, 15) is 0 Å². The molecule has 0 atom stereocenters. The largest absolute Gasteiger partial charge is 0.338 e. The van der Waals surface area contributed by atoms with Gasteiger partial charge in [0.05, 0.1) is 13.1 Å². The van der Waals surface area contributed by atoms with Crippen molar-refractivity contribution in [1.29, 1.82) is 0 Å². The summed E-state index contributed by atoms with van der Waals surface area (Å²) < 4.78 is 5.09. The van der Waals surface area contributed by atoms with E-state index in [4.69, 9.17) is 10.9 Å². The molecule has 5 heteroatoms. The number of hydrogen-bond acceptors (Lipinski definition) is 5. The van der Waals surface area contributed by atoms with Crippen molar-refractivity contribution in [3.8, 4) is 12.3 Å². The van der Waals surface area contributed by atoms with Crippen LogP contribution >= 0.6 is 0 Å². The fraction of sp³-hybridized carbons (Fsp3) is 0.600. The Hall–Kier alpha value is -1.54. The molecular formula is C10H14N4O. The normalized spacial score (nSPS) is 15.5. The lowest BCUT2D eigenvalue weighted by atomic mass is 10.4. The molecule has 1 aliphatic rings. The molecule has 80 valence electrons. The molecule has 1 aliphatic heterocycles. The van der Waals surface area contributed by atoms with E-state index in [1.165, 1.54) is 12.8 Å². The highest BCUT2D eigenvalue weighted by Gasteiger charge is 2.17. The van der Waals surface area contributed by atoms with Gasteiger partial charge in [0.25, 0.3) is 5.95 Å². The maximum atomic E-state index is 5.11. The molecule has 5 nitrogen and oxygen atoms in total. The van der Waals surface area contributed by atoms with Gasteiger partial charge >= 0.3 is 0 Å². The molecule has 0 aromatic carbocycles. The van der Waals surface area contributed by atoms with Crippen LogP contribution in [0.4, 0.5) is 5.95 Å². The van der Waals surface area contributed by atoms with Crippen molar-refractivity contribution in [3.63, 3.8) is 0 Å². The summed E-state index contributed by atoms with van der Waals surface area (Å²) in [5, 5.41) is 6.93. The summed E-state index contributed by atoms with van der Waals surface area (Å²) in [5.41, 5.74) is 0. The number of nitrogens with zero attached hydrogens (tertiary/aromatic N) is 3. The van der Waals surface area contributed by atoms with Crippen molar-refractivity contribution in [3.05, 3.63) is 5.89 Å². The van der Waals surface area contributed by atoms with Crippen LogP contribution < -0.4 is 10.2 Å². The molecule has 0 spiro atoms. The van der Waals surface area contributed by atoms with Crippen molar-refractivity contribution in [2.24, 2.45) is 0 Å². The molecule has 2 rings (SSSR count). The van der Waals surface area contributed by atoms with Crippen LogP contribution in [0.2, 0.25) is 0 Å². The van der Waals surface area contributed by atoms with Crippen LogP contribution in [0.25, 0.3) is 0 Å². The van der Waals surface area contributed by atoms with Crippen LogP contribution in [0.15, 0.2) is 4.52 Å². The Morgan fingerprint density at radius 2 is 2.27 bits per heavy atom. The van der Waals surface area contributed by atoms with Gasteiger partial charge < -0.3 is 9.42 Å². The van der Waals surface area contributed by atoms with Crippen molar-refractivity contribution in [2.75, 3.05) is 24.5 Å². The standard InChI is InChI=1S/C10H14N4O/c1-2-5-11-8-9-12-10(13-15-9)14-6-3-4-7-14/h1,11H,3-8H2. The van der Waals surface area contributed by atoms with Gasteiger partial charge in [0, 0.05) is 13.1 Å². The minimum Gasteiger partial charge on any atom is -0.338 e. The zero-order valence-corrected chi connectivity index (χ0v) is 8.57. The first kappa shape index (κ1) is 9.99. The van der Waals surface area contributed by atoms with Crippen LogP contribution in [-0.2, 0) is 6.54 Å². The van der Waals surface area contributed by atoms with Crippen molar-refractivity contribution < 1.29 is 4.52 Å². The highest BCUT2D eigenvalue weighted by molar-refractivity contribution is 5.28. The van der Waals surface area contributed by atoms with Crippen LogP contribution in [0.3, 0.4) is 0 Å². The Bertz CT molecular complexity index is 349. The molecule has 1 aromatic heterocycles. The maximum absolute atomic E-state index is 5.11. The van der Waals surface area contributed by atoms with Gasteiger partial charge in [-0.1, -0.05) is 5.92 Å². The lowest BCUT2D eigenvalue weighted by molar-refractivity contribution is 0.369. The van der Waals surface area contributed by atoms with Gasteiger partial charge in [-0.15, -0.1) is 6.42 Å². The van der Waals surface area contributed by atoms with E-state index in [-0.39, 0.29) is 0 Å². The predicted octanol–water partition coefficient (Wildman–Crippen LogP) is 0.393. The van der Waals surface area contributed by atoms with E-state index in [0.717, 1.165) is 13.1 Å². The second-order valence-corrected chi connectivity index (χ2v) is 3.49. The predicted molar refractivity (Wildman–Crippen MR) is 56.3 cm³/mol. The van der Waals surface area contributed by atoms with Crippen LogP contribution in [0, 0.1) is 12.3 Å².